The van der Waals surface area contributed by atoms with Crippen LogP contribution >= 0.6 is 0 Å². The Bertz CT molecular complexity index is 495. The molecule has 2 saturated carbocycles. The summed E-state index contributed by atoms with van der Waals surface area (Å²) in [4.78, 5) is 38.3. The minimum absolute atomic E-state index is 0.167. The Labute approximate surface area is 136 Å². The molecule has 0 spiro atoms. The number of carbonyl (C=O) groups is 3. The predicted molar refractivity (Wildman–Crippen MR) is 83.6 cm³/mol. The number of carboxylic acid groups (broad SMARTS) is 1. The number of carbonyl (C=O) groups excluding carboxylic acids is 2. The SMILES string of the molecule is O=C(NC1(C(=O)O)CCCCC1)[C@H]1CCCN(C(=O)C2CC2)C1. The topological polar surface area (TPSA) is 86.7 Å². The van der Waals surface area contributed by atoms with Crippen LogP contribution in [0, 0.1) is 11.8 Å². The minimum atomic E-state index is -1.10. The van der Waals surface area contributed by atoms with E-state index >= 15 is 0 Å². The van der Waals surface area contributed by atoms with Crippen molar-refractivity contribution in [2.45, 2.75) is 63.3 Å². The van der Waals surface area contributed by atoms with Crippen LogP contribution in [0.5, 0.6) is 0 Å². The molecule has 0 unspecified atom stereocenters. The van der Waals surface area contributed by atoms with Gasteiger partial charge < -0.3 is 15.3 Å². The summed E-state index contributed by atoms with van der Waals surface area (Å²) in [5.41, 5.74) is -1.10. The molecule has 23 heavy (non-hydrogen) atoms. The van der Waals surface area contributed by atoms with Gasteiger partial charge in [-0.3, -0.25) is 9.59 Å². The van der Waals surface area contributed by atoms with Crippen molar-refractivity contribution in [3.63, 3.8) is 0 Å². The zero-order valence-corrected chi connectivity index (χ0v) is 13.6. The second kappa shape index (κ2) is 6.49. The zero-order chi connectivity index (χ0) is 16.4. The lowest BCUT2D eigenvalue weighted by atomic mass is 9.81. The van der Waals surface area contributed by atoms with Gasteiger partial charge in [-0.05, 0) is 38.5 Å². The number of hydrogen-bond acceptors (Lipinski definition) is 3. The molecule has 3 aliphatic rings. The molecule has 0 radical (unpaired) electrons. The van der Waals surface area contributed by atoms with E-state index in [-0.39, 0.29) is 23.7 Å². The van der Waals surface area contributed by atoms with E-state index in [9.17, 15) is 19.5 Å². The van der Waals surface area contributed by atoms with Gasteiger partial charge in [0.15, 0.2) is 0 Å². The molecule has 2 aliphatic carbocycles. The first-order valence-corrected chi connectivity index (χ1v) is 8.86. The van der Waals surface area contributed by atoms with E-state index in [4.69, 9.17) is 0 Å². The van der Waals surface area contributed by atoms with Crippen LogP contribution in [0.15, 0.2) is 0 Å². The zero-order valence-electron chi connectivity index (χ0n) is 13.6. The predicted octanol–water partition coefficient (Wildman–Crippen LogP) is 1.54. The third-order valence-corrected chi connectivity index (χ3v) is 5.51. The molecule has 1 heterocycles. The van der Waals surface area contributed by atoms with E-state index in [1.807, 2.05) is 0 Å². The first-order chi connectivity index (χ1) is 11.0. The van der Waals surface area contributed by atoms with Gasteiger partial charge in [0.1, 0.15) is 5.54 Å². The van der Waals surface area contributed by atoms with Gasteiger partial charge >= 0.3 is 5.97 Å². The van der Waals surface area contributed by atoms with Crippen molar-refractivity contribution in [1.29, 1.82) is 0 Å². The summed E-state index contributed by atoms with van der Waals surface area (Å²) in [7, 11) is 0. The highest BCUT2D eigenvalue weighted by atomic mass is 16.4. The minimum Gasteiger partial charge on any atom is -0.480 e. The van der Waals surface area contributed by atoms with Crippen molar-refractivity contribution < 1.29 is 19.5 Å². The molecule has 6 nitrogen and oxygen atoms in total. The van der Waals surface area contributed by atoms with Crippen LogP contribution in [0.3, 0.4) is 0 Å². The van der Waals surface area contributed by atoms with Gasteiger partial charge in [0, 0.05) is 19.0 Å². The molecular weight excluding hydrogens is 296 g/mol. The maximum Gasteiger partial charge on any atom is 0.329 e. The van der Waals surface area contributed by atoms with Crippen LogP contribution in [0.1, 0.15) is 57.8 Å². The van der Waals surface area contributed by atoms with Crippen molar-refractivity contribution >= 4 is 17.8 Å². The average Bonchev–Trinajstić information content (AvgIpc) is 3.40. The fraction of sp³-hybridized carbons (Fsp3) is 0.824. The van der Waals surface area contributed by atoms with E-state index in [0.717, 1.165) is 51.5 Å². The smallest absolute Gasteiger partial charge is 0.329 e. The number of nitrogens with zero attached hydrogens (tertiary/aromatic N) is 1. The highest BCUT2D eigenvalue weighted by Crippen LogP contribution is 2.33. The Morgan fingerprint density at radius 2 is 1.65 bits per heavy atom. The van der Waals surface area contributed by atoms with Crippen LogP contribution in [-0.2, 0) is 14.4 Å². The summed E-state index contributed by atoms with van der Waals surface area (Å²) in [6, 6.07) is 0. The first kappa shape index (κ1) is 16.3. The van der Waals surface area contributed by atoms with Gasteiger partial charge in [0.05, 0.1) is 5.92 Å². The van der Waals surface area contributed by atoms with E-state index in [2.05, 4.69) is 5.32 Å². The van der Waals surface area contributed by atoms with Crippen molar-refractivity contribution in [3.05, 3.63) is 0 Å². The fourth-order valence-electron chi connectivity index (χ4n) is 3.87. The number of hydrogen-bond donors (Lipinski definition) is 2. The monoisotopic (exact) mass is 322 g/mol. The summed E-state index contributed by atoms with van der Waals surface area (Å²) < 4.78 is 0. The van der Waals surface area contributed by atoms with Crippen LogP contribution in [0.2, 0.25) is 0 Å². The van der Waals surface area contributed by atoms with Gasteiger partial charge in [-0.15, -0.1) is 0 Å². The number of carboxylic acids is 1. The highest BCUT2D eigenvalue weighted by Gasteiger charge is 2.43. The van der Waals surface area contributed by atoms with Crippen molar-refractivity contribution in [1.82, 2.24) is 10.2 Å². The molecule has 1 aliphatic heterocycles. The normalized spacial score (nSPS) is 27.3. The van der Waals surface area contributed by atoms with Gasteiger partial charge in [0.2, 0.25) is 11.8 Å². The maximum atomic E-state index is 12.6. The second-order valence-corrected chi connectivity index (χ2v) is 7.33. The standard InChI is InChI=1S/C17H26N2O4/c20-14(18-17(16(22)23)8-2-1-3-9-17)13-5-4-10-19(11-13)15(21)12-6-7-12/h12-13H,1-11H2,(H,18,20)(H,22,23)/t13-/m0/s1. The summed E-state index contributed by atoms with van der Waals surface area (Å²) >= 11 is 0. The van der Waals surface area contributed by atoms with Gasteiger partial charge in [0.25, 0.3) is 0 Å². The third-order valence-electron chi connectivity index (χ3n) is 5.51. The lowest BCUT2D eigenvalue weighted by Gasteiger charge is -2.37. The summed E-state index contributed by atoms with van der Waals surface area (Å²) in [6.45, 7) is 1.17. The molecule has 2 N–H and O–H groups in total. The van der Waals surface area contributed by atoms with Crippen molar-refractivity contribution in [2.24, 2.45) is 11.8 Å². The lowest BCUT2D eigenvalue weighted by Crippen LogP contribution is -2.58. The van der Waals surface area contributed by atoms with Crippen LogP contribution in [0.25, 0.3) is 0 Å². The first-order valence-electron chi connectivity index (χ1n) is 8.86. The number of likely N-dealkylation sites (tertiary alicyclic amines) is 1. The van der Waals surface area contributed by atoms with Crippen molar-refractivity contribution in [3.8, 4) is 0 Å². The van der Waals surface area contributed by atoms with Crippen LogP contribution in [-0.4, -0.2) is 46.4 Å². The summed E-state index contributed by atoms with van der Waals surface area (Å²) in [6.07, 6.45) is 7.19. The van der Waals surface area contributed by atoms with Crippen LogP contribution < -0.4 is 5.32 Å². The number of nitrogens with one attached hydrogen (secondary N) is 1. The van der Waals surface area contributed by atoms with E-state index in [0.29, 0.717) is 19.4 Å². The molecular formula is C17H26N2O4. The Morgan fingerprint density at radius 3 is 2.26 bits per heavy atom. The fourth-order valence-corrected chi connectivity index (χ4v) is 3.87. The number of piperidine rings is 1. The molecule has 0 aromatic carbocycles. The van der Waals surface area contributed by atoms with E-state index in [1.165, 1.54) is 0 Å². The Balaban J connectivity index is 1.62. The molecule has 1 atom stereocenters. The number of aliphatic carboxylic acids is 1. The molecule has 0 bridgehead atoms. The molecule has 0 aromatic heterocycles. The largest absolute Gasteiger partial charge is 0.480 e. The quantitative estimate of drug-likeness (QED) is 0.822. The number of amides is 2. The van der Waals surface area contributed by atoms with Gasteiger partial charge in [-0.2, -0.15) is 0 Å². The van der Waals surface area contributed by atoms with Gasteiger partial charge in [-0.1, -0.05) is 19.3 Å². The molecule has 3 rings (SSSR count). The Morgan fingerprint density at radius 1 is 0.957 bits per heavy atom. The molecule has 1 saturated heterocycles. The van der Waals surface area contributed by atoms with Crippen molar-refractivity contribution in [2.75, 3.05) is 13.1 Å². The van der Waals surface area contributed by atoms with E-state index < -0.39 is 11.5 Å². The van der Waals surface area contributed by atoms with E-state index in [1.54, 1.807) is 4.90 Å². The Kier molecular flexibility index (Phi) is 4.60. The molecule has 6 heteroatoms. The lowest BCUT2D eigenvalue weighted by molar-refractivity contribution is -0.151. The Hall–Kier alpha value is -1.59. The highest BCUT2D eigenvalue weighted by molar-refractivity contribution is 5.89. The summed E-state index contributed by atoms with van der Waals surface area (Å²) in [5, 5.41) is 12.4. The molecule has 2 amide bonds. The average molecular weight is 322 g/mol. The maximum absolute atomic E-state index is 12.6. The van der Waals surface area contributed by atoms with Crippen LogP contribution in [0.4, 0.5) is 0 Å². The summed E-state index contributed by atoms with van der Waals surface area (Å²) in [5.74, 6) is -1.05. The van der Waals surface area contributed by atoms with Gasteiger partial charge in [-0.25, -0.2) is 4.79 Å². The molecule has 128 valence electrons. The second-order valence-electron chi connectivity index (χ2n) is 7.33. The number of rotatable bonds is 4. The third kappa shape index (κ3) is 3.51. The molecule has 0 aromatic rings. The molecule has 3 fully saturated rings.